The molecule has 5 heteroatoms. The van der Waals surface area contributed by atoms with Crippen molar-refractivity contribution < 1.29 is 17.9 Å². The maximum absolute atomic E-state index is 12.1. The minimum Gasteiger partial charge on any atom is -0.406 e. The summed E-state index contributed by atoms with van der Waals surface area (Å²) in [4.78, 5) is 0. The zero-order chi connectivity index (χ0) is 14.8. The Bertz CT molecular complexity index is 576. The first kappa shape index (κ1) is 14.4. The molecule has 2 N–H and O–H groups in total. The van der Waals surface area contributed by atoms with Crippen LogP contribution in [0, 0.1) is 0 Å². The van der Waals surface area contributed by atoms with Gasteiger partial charge in [0.05, 0.1) is 0 Å². The standard InChI is InChI=1S/C15H14F3NO/c1-10(19)12-3-2-4-13(9-12)11-5-7-14(8-6-11)20-15(16,17)18/h2-10H,19H2,1H3. The molecule has 1 unspecified atom stereocenters. The first-order valence-corrected chi connectivity index (χ1v) is 6.07. The normalized spacial score (nSPS) is 13.1. The number of nitrogens with two attached hydrogens (primary N) is 1. The third-order valence-electron chi connectivity index (χ3n) is 2.83. The van der Waals surface area contributed by atoms with E-state index in [4.69, 9.17) is 5.73 Å². The van der Waals surface area contributed by atoms with Crippen LogP contribution in [0.15, 0.2) is 48.5 Å². The van der Waals surface area contributed by atoms with Gasteiger partial charge in [0, 0.05) is 6.04 Å². The summed E-state index contributed by atoms with van der Waals surface area (Å²) < 4.78 is 40.0. The highest BCUT2D eigenvalue weighted by Crippen LogP contribution is 2.27. The van der Waals surface area contributed by atoms with E-state index in [9.17, 15) is 13.2 Å². The molecule has 0 heterocycles. The molecular formula is C15H14F3NO. The molecule has 2 aromatic carbocycles. The average molecular weight is 281 g/mol. The van der Waals surface area contributed by atoms with E-state index in [0.717, 1.165) is 16.7 Å². The molecule has 0 aliphatic heterocycles. The molecule has 0 saturated heterocycles. The lowest BCUT2D eigenvalue weighted by atomic mass is 10.0. The topological polar surface area (TPSA) is 35.2 Å². The Morgan fingerprint density at radius 3 is 2.20 bits per heavy atom. The van der Waals surface area contributed by atoms with Crippen LogP contribution in [0.1, 0.15) is 18.5 Å². The zero-order valence-electron chi connectivity index (χ0n) is 10.8. The van der Waals surface area contributed by atoms with E-state index in [1.54, 1.807) is 12.1 Å². The van der Waals surface area contributed by atoms with Gasteiger partial charge < -0.3 is 10.5 Å². The second kappa shape index (κ2) is 5.54. The van der Waals surface area contributed by atoms with Gasteiger partial charge in [-0.1, -0.05) is 30.3 Å². The molecule has 0 aliphatic rings. The van der Waals surface area contributed by atoms with Crippen molar-refractivity contribution in [1.29, 1.82) is 0 Å². The molecule has 106 valence electrons. The summed E-state index contributed by atoms with van der Waals surface area (Å²) in [6.45, 7) is 1.87. The fourth-order valence-corrected chi connectivity index (χ4v) is 1.85. The quantitative estimate of drug-likeness (QED) is 0.911. The van der Waals surface area contributed by atoms with Crippen LogP contribution >= 0.6 is 0 Å². The highest BCUT2D eigenvalue weighted by atomic mass is 19.4. The van der Waals surface area contributed by atoms with Crippen molar-refractivity contribution >= 4 is 0 Å². The van der Waals surface area contributed by atoms with Crippen LogP contribution in [0.2, 0.25) is 0 Å². The molecule has 0 bridgehead atoms. The summed E-state index contributed by atoms with van der Waals surface area (Å²) >= 11 is 0. The van der Waals surface area contributed by atoms with E-state index in [-0.39, 0.29) is 11.8 Å². The largest absolute Gasteiger partial charge is 0.573 e. The number of hydrogen-bond acceptors (Lipinski definition) is 2. The summed E-state index contributed by atoms with van der Waals surface area (Å²) in [5.74, 6) is -0.232. The summed E-state index contributed by atoms with van der Waals surface area (Å²) in [7, 11) is 0. The lowest BCUT2D eigenvalue weighted by Crippen LogP contribution is -2.16. The van der Waals surface area contributed by atoms with E-state index in [0.29, 0.717) is 0 Å². The molecule has 1 atom stereocenters. The molecule has 2 rings (SSSR count). The molecule has 0 radical (unpaired) electrons. The number of ether oxygens (including phenoxy) is 1. The zero-order valence-corrected chi connectivity index (χ0v) is 10.8. The van der Waals surface area contributed by atoms with Crippen molar-refractivity contribution in [3.63, 3.8) is 0 Å². The summed E-state index contributed by atoms with van der Waals surface area (Å²) in [6.07, 6.45) is -4.67. The van der Waals surface area contributed by atoms with Crippen molar-refractivity contribution in [1.82, 2.24) is 0 Å². The predicted molar refractivity (Wildman–Crippen MR) is 71.2 cm³/mol. The van der Waals surface area contributed by atoms with Gasteiger partial charge in [-0.2, -0.15) is 0 Å². The maximum Gasteiger partial charge on any atom is 0.573 e. The first-order chi connectivity index (χ1) is 9.35. The second-order valence-electron chi connectivity index (χ2n) is 4.49. The first-order valence-electron chi connectivity index (χ1n) is 6.07. The molecule has 0 spiro atoms. The number of alkyl halides is 3. The maximum atomic E-state index is 12.1. The van der Waals surface area contributed by atoms with E-state index in [2.05, 4.69) is 4.74 Å². The fraction of sp³-hybridized carbons (Fsp3) is 0.200. The second-order valence-corrected chi connectivity index (χ2v) is 4.49. The van der Waals surface area contributed by atoms with Gasteiger partial charge in [-0.05, 0) is 41.8 Å². The van der Waals surface area contributed by atoms with Crippen molar-refractivity contribution in [2.45, 2.75) is 19.3 Å². The number of benzene rings is 2. The molecule has 0 aromatic heterocycles. The number of rotatable bonds is 3. The third kappa shape index (κ3) is 3.74. The van der Waals surface area contributed by atoms with Crippen molar-refractivity contribution in [2.75, 3.05) is 0 Å². The van der Waals surface area contributed by atoms with E-state index >= 15 is 0 Å². The van der Waals surface area contributed by atoms with Crippen molar-refractivity contribution in [3.05, 3.63) is 54.1 Å². The smallest absolute Gasteiger partial charge is 0.406 e. The van der Waals surface area contributed by atoms with E-state index in [1.165, 1.54) is 12.1 Å². The summed E-state index contributed by atoms with van der Waals surface area (Å²) in [6, 6.07) is 13.2. The molecule has 20 heavy (non-hydrogen) atoms. The lowest BCUT2D eigenvalue weighted by molar-refractivity contribution is -0.274. The Hall–Kier alpha value is -2.01. The highest BCUT2D eigenvalue weighted by molar-refractivity contribution is 5.65. The number of halogens is 3. The van der Waals surface area contributed by atoms with Crippen LogP contribution in [-0.4, -0.2) is 6.36 Å². The van der Waals surface area contributed by atoms with Crippen LogP contribution in [0.25, 0.3) is 11.1 Å². The van der Waals surface area contributed by atoms with Crippen LogP contribution in [0.4, 0.5) is 13.2 Å². The number of hydrogen-bond donors (Lipinski definition) is 1. The Morgan fingerprint density at radius 2 is 1.65 bits per heavy atom. The molecular weight excluding hydrogens is 267 g/mol. The molecule has 0 amide bonds. The van der Waals surface area contributed by atoms with Gasteiger partial charge in [-0.3, -0.25) is 0 Å². The SMILES string of the molecule is CC(N)c1cccc(-c2ccc(OC(F)(F)F)cc2)c1. The van der Waals surface area contributed by atoms with Gasteiger partial charge in [-0.15, -0.1) is 13.2 Å². The van der Waals surface area contributed by atoms with Gasteiger partial charge in [-0.25, -0.2) is 0 Å². The van der Waals surface area contributed by atoms with Crippen LogP contribution < -0.4 is 10.5 Å². The summed E-state index contributed by atoms with van der Waals surface area (Å²) in [5, 5.41) is 0. The lowest BCUT2D eigenvalue weighted by Gasteiger charge is -2.11. The van der Waals surface area contributed by atoms with Gasteiger partial charge in [0.15, 0.2) is 0 Å². The van der Waals surface area contributed by atoms with Crippen LogP contribution in [-0.2, 0) is 0 Å². The third-order valence-corrected chi connectivity index (χ3v) is 2.83. The summed E-state index contributed by atoms with van der Waals surface area (Å²) in [5.41, 5.74) is 8.49. The Balaban J connectivity index is 2.24. The molecule has 0 fully saturated rings. The average Bonchev–Trinajstić information content (AvgIpc) is 2.38. The van der Waals surface area contributed by atoms with E-state index in [1.807, 2.05) is 31.2 Å². The highest BCUT2D eigenvalue weighted by Gasteiger charge is 2.30. The van der Waals surface area contributed by atoms with Gasteiger partial charge in [0.25, 0.3) is 0 Å². The fourth-order valence-electron chi connectivity index (χ4n) is 1.85. The Kier molecular flexibility index (Phi) is 3.99. The molecule has 2 aromatic rings. The molecule has 2 nitrogen and oxygen atoms in total. The Labute approximate surface area is 115 Å². The van der Waals surface area contributed by atoms with Gasteiger partial charge in [0.2, 0.25) is 0 Å². The minimum atomic E-state index is -4.67. The minimum absolute atomic E-state index is 0.0946. The van der Waals surface area contributed by atoms with Gasteiger partial charge >= 0.3 is 6.36 Å². The predicted octanol–water partition coefficient (Wildman–Crippen LogP) is 4.27. The van der Waals surface area contributed by atoms with Crippen LogP contribution in [0.3, 0.4) is 0 Å². The van der Waals surface area contributed by atoms with E-state index < -0.39 is 6.36 Å². The monoisotopic (exact) mass is 281 g/mol. The van der Waals surface area contributed by atoms with Crippen molar-refractivity contribution in [3.8, 4) is 16.9 Å². The molecule has 0 aliphatic carbocycles. The van der Waals surface area contributed by atoms with Crippen molar-refractivity contribution in [2.24, 2.45) is 5.73 Å². The Morgan fingerprint density at radius 1 is 1.00 bits per heavy atom. The molecule has 0 saturated carbocycles. The van der Waals surface area contributed by atoms with Crippen LogP contribution in [0.5, 0.6) is 5.75 Å². The van der Waals surface area contributed by atoms with Gasteiger partial charge in [0.1, 0.15) is 5.75 Å².